The Morgan fingerprint density at radius 2 is 2.07 bits per heavy atom. The average molecular weight is 397 g/mol. The van der Waals surface area contributed by atoms with E-state index in [2.05, 4.69) is 4.98 Å². The Hall–Kier alpha value is -2.79. The number of rotatable bonds is 5. The maximum absolute atomic E-state index is 13.1. The van der Waals surface area contributed by atoms with Crippen LogP contribution in [0.25, 0.3) is 11.3 Å². The third-order valence-electron chi connectivity index (χ3n) is 4.92. The zero-order valence-corrected chi connectivity index (χ0v) is 16.1. The first-order valence-corrected chi connectivity index (χ1v) is 9.79. The summed E-state index contributed by atoms with van der Waals surface area (Å²) in [5.74, 6) is 1.51. The summed E-state index contributed by atoms with van der Waals surface area (Å²) in [6, 6.07) is 14.6. The first-order valence-electron chi connectivity index (χ1n) is 9.41. The van der Waals surface area contributed by atoms with Gasteiger partial charge in [-0.2, -0.15) is 0 Å². The lowest BCUT2D eigenvalue weighted by Crippen LogP contribution is -2.46. The molecule has 1 fully saturated rings. The van der Waals surface area contributed by atoms with Gasteiger partial charge in [0.1, 0.15) is 18.1 Å². The first kappa shape index (κ1) is 18.6. The zero-order chi connectivity index (χ0) is 19.3. The van der Waals surface area contributed by atoms with Crippen LogP contribution in [0.3, 0.4) is 0 Å². The van der Waals surface area contributed by atoms with Crippen LogP contribution in [-0.4, -0.2) is 35.0 Å². The van der Waals surface area contributed by atoms with Crippen LogP contribution < -0.4 is 4.74 Å². The Kier molecular flexibility index (Phi) is 5.63. The van der Waals surface area contributed by atoms with E-state index in [1.54, 1.807) is 30.6 Å². The second-order valence-corrected chi connectivity index (χ2v) is 7.20. The van der Waals surface area contributed by atoms with E-state index in [0.29, 0.717) is 35.4 Å². The van der Waals surface area contributed by atoms with E-state index in [9.17, 15) is 4.79 Å². The maximum Gasteiger partial charge on any atom is 0.289 e. The number of likely N-dealkylation sites (tertiary alicyclic amines) is 1. The third-order valence-corrected chi connectivity index (χ3v) is 5.25. The summed E-state index contributed by atoms with van der Waals surface area (Å²) in [5, 5.41) is 0.594. The van der Waals surface area contributed by atoms with Crippen molar-refractivity contribution in [3.8, 4) is 17.1 Å². The molecule has 1 aromatic carbocycles. The first-order chi connectivity index (χ1) is 13.7. The number of hydrogen-bond donors (Lipinski definition) is 0. The van der Waals surface area contributed by atoms with Crippen molar-refractivity contribution < 1.29 is 13.9 Å². The molecule has 0 spiro atoms. The molecule has 1 unspecified atom stereocenters. The minimum atomic E-state index is -0.113. The smallest absolute Gasteiger partial charge is 0.289 e. The molecule has 1 aliphatic heterocycles. The monoisotopic (exact) mass is 396 g/mol. The quantitative estimate of drug-likeness (QED) is 0.604. The van der Waals surface area contributed by atoms with Crippen LogP contribution in [0.5, 0.6) is 5.75 Å². The number of aromatic nitrogens is 1. The Morgan fingerprint density at radius 1 is 1.18 bits per heavy atom. The number of carbonyl (C=O) groups is 1. The summed E-state index contributed by atoms with van der Waals surface area (Å²) < 4.78 is 11.7. The van der Waals surface area contributed by atoms with Gasteiger partial charge in [-0.1, -0.05) is 23.7 Å². The molecule has 4 rings (SSSR count). The van der Waals surface area contributed by atoms with E-state index in [1.807, 2.05) is 35.2 Å². The molecule has 3 aromatic rings. The highest BCUT2D eigenvalue weighted by atomic mass is 35.5. The number of benzene rings is 1. The number of halogens is 1. The molecule has 0 N–H and O–H groups in total. The van der Waals surface area contributed by atoms with Crippen LogP contribution in [0.1, 0.15) is 29.8 Å². The SMILES string of the molecule is O=C(c1ccc(-c2ccccc2Cl)o1)N1CCCCC1COc1cccnc1. The fourth-order valence-electron chi connectivity index (χ4n) is 3.47. The van der Waals surface area contributed by atoms with E-state index in [4.69, 9.17) is 20.8 Å². The lowest BCUT2D eigenvalue weighted by molar-refractivity contribution is 0.0498. The van der Waals surface area contributed by atoms with Crippen molar-refractivity contribution in [3.05, 3.63) is 71.7 Å². The number of hydrogen-bond acceptors (Lipinski definition) is 4. The summed E-state index contributed by atoms with van der Waals surface area (Å²) in [6.07, 6.45) is 6.35. The Morgan fingerprint density at radius 3 is 2.89 bits per heavy atom. The summed E-state index contributed by atoms with van der Waals surface area (Å²) >= 11 is 6.24. The van der Waals surface area contributed by atoms with E-state index in [-0.39, 0.29) is 11.9 Å². The highest BCUT2D eigenvalue weighted by molar-refractivity contribution is 6.33. The normalized spacial score (nSPS) is 16.8. The van der Waals surface area contributed by atoms with Gasteiger partial charge in [-0.25, -0.2) is 0 Å². The summed E-state index contributed by atoms with van der Waals surface area (Å²) in [5.41, 5.74) is 0.776. The number of carbonyl (C=O) groups excluding carboxylic acids is 1. The number of ether oxygens (including phenoxy) is 1. The van der Waals surface area contributed by atoms with Crippen molar-refractivity contribution in [2.45, 2.75) is 25.3 Å². The Labute approximate surface area is 168 Å². The van der Waals surface area contributed by atoms with Gasteiger partial charge in [-0.15, -0.1) is 0 Å². The van der Waals surface area contributed by atoms with Gasteiger partial charge >= 0.3 is 0 Å². The molecule has 28 heavy (non-hydrogen) atoms. The highest BCUT2D eigenvalue weighted by Crippen LogP contribution is 2.30. The minimum absolute atomic E-state index is 0.00955. The Bertz CT molecular complexity index is 942. The number of piperidine rings is 1. The predicted molar refractivity (Wildman–Crippen MR) is 108 cm³/mol. The van der Waals surface area contributed by atoms with Gasteiger partial charge in [0.05, 0.1) is 17.3 Å². The highest BCUT2D eigenvalue weighted by Gasteiger charge is 2.30. The average Bonchev–Trinajstić information content (AvgIpc) is 3.23. The van der Waals surface area contributed by atoms with Gasteiger partial charge in [0.2, 0.25) is 0 Å². The predicted octanol–water partition coefficient (Wildman–Crippen LogP) is 5.07. The topological polar surface area (TPSA) is 55.6 Å². The van der Waals surface area contributed by atoms with E-state index in [0.717, 1.165) is 24.8 Å². The van der Waals surface area contributed by atoms with Crippen LogP contribution in [0, 0.1) is 0 Å². The van der Waals surface area contributed by atoms with Crippen molar-refractivity contribution in [2.24, 2.45) is 0 Å². The molecule has 144 valence electrons. The molecule has 1 atom stereocenters. The Balaban J connectivity index is 1.48. The second kappa shape index (κ2) is 8.48. The van der Waals surface area contributed by atoms with Crippen LogP contribution in [-0.2, 0) is 0 Å². The molecular formula is C22H21ClN2O3. The number of furan rings is 1. The molecule has 0 aliphatic carbocycles. The van der Waals surface area contributed by atoms with Crippen LogP contribution in [0.2, 0.25) is 5.02 Å². The van der Waals surface area contributed by atoms with E-state index < -0.39 is 0 Å². The number of pyridine rings is 1. The molecule has 1 saturated heterocycles. The second-order valence-electron chi connectivity index (χ2n) is 6.79. The fraction of sp³-hybridized carbons (Fsp3) is 0.273. The van der Waals surface area contributed by atoms with Crippen molar-refractivity contribution in [1.82, 2.24) is 9.88 Å². The van der Waals surface area contributed by atoms with Crippen LogP contribution >= 0.6 is 11.6 Å². The number of nitrogens with zero attached hydrogens (tertiary/aromatic N) is 2. The van der Waals surface area contributed by atoms with E-state index in [1.165, 1.54) is 0 Å². The van der Waals surface area contributed by atoms with Gasteiger partial charge in [-0.05, 0) is 55.7 Å². The largest absolute Gasteiger partial charge is 0.490 e. The molecule has 0 bridgehead atoms. The van der Waals surface area contributed by atoms with Crippen molar-refractivity contribution in [2.75, 3.05) is 13.2 Å². The molecule has 0 radical (unpaired) electrons. The van der Waals surface area contributed by atoms with Gasteiger partial charge < -0.3 is 14.1 Å². The van der Waals surface area contributed by atoms with Gasteiger partial charge in [0.15, 0.2) is 5.76 Å². The molecule has 1 amide bonds. The fourth-order valence-corrected chi connectivity index (χ4v) is 3.70. The van der Waals surface area contributed by atoms with E-state index >= 15 is 0 Å². The lowest BCUT2D eigenvalue weighted by Gasteiger charge is -2.35. The molecule has 6 heteroatoms. The molecule has 1 aliphatic rings. The minimum Gasteiger partial charge on any atom is -0.490 e. The summed E-state index contributed by atoms with van der Waals surface area (Å²) in [4.78, 5) is 19.0. The maximum atomic E-state index is 13.1. The molecule has 3 heterocycles. The number of amides is 1. The zero-order valence-electron chi connectivity index (χ0n) is 15.4. The molecular weight excluding hydrogens is 376 g/mol. The van der Waals surface area contributed by atoms with Gasteiger partial charge in [0.25, 0.3) is 5.91 Å². The van der Waals surface area contributed by atoms with Gasteiger partial charge in [0, 0.05) is 18.3 Å². The van der Waals surface area contributed by atoms with Crippen molar-refractivity contribution in [1.29, 1.82) is 0 Å². The standard InChI is InChI=1S/C22H21ClN2O3/c23-19-9-2-1-8-18(19)20-10-11-21(28-20)22(26)25-13-4-3-6-16(25)15-27-17-7-5-12-24-14-17/h1-2,5,7-12,14,16H,3-4,6,13,15H2. The molecule has 0 saturated carbocycles. The van der Waals surface area contributed by atoms with Crippen molar-refractivity contribution >= 4 is 17.5 Å². The molecule has 5 nitrogen and oxygen atoms in total. The van der Waals surface area contributed by atoms with Crippen LogP contribution in [0.4, 0.5) is 0 Å². The summed E-state index contributed by atoms with van der Waals surface area (Å²) in [7, 11) is 0. The lowest BCUT2D eigenvalue weighted by atomic mass is 10.0. The summed E-state index contributed by atoms with van der Waals surface area (Å²) in [6.45, 7) is 1.14. The van der Waals surface area contributed by atoms with Gasteiger partial charge in [-0.3, -0.25) is 9.78 Å². The third kappa shape index (κ3) is 4.04. The van der Waals surface area contributed by atoms with Crippen molar-refractivity contribution in [3.63, 3.8) is 0 Å². The van der Waals surface area contributed by atoms with Crippen LogP contribution in [0.15, 0.2) is 65.3 Å². The molecule has 2 aromatic heterocycles.